The zero-order valence-corrected chi connectivity index (χ0v) is 16.0. The number of amides is 1. The van der Waals surface area contributed by atoms with E-state index in [1.165, 1.54) is 16.7 Å². The third-order valence-electron chi connectivity index (χ3n) is 3.46. The lowest BCUT2D eigenvalue weighted by atomic mass is 9.93. The Morgan fingerprint density at radius 1 is 1.09 bits per heavy atom. The molecule has 2 heteroatoms. The Labute approximate surface area is 138 Å². The Kier molecular flexibility index (Phi) is 13.9. The summed E-state index contributed by atoms with van der Waals surface area (Å²) in [6.07, 6.45) is 2.91. The average Bonchev–Trinajstić information content (AvgIpc) is 2.45. The first kappa shape index (κ1) is 23.0. The number of nitrogens with two attached hydrogens (primary N) is 1. The van der Waals surface area contributed by atoms with Crippen molar-refractivity contribution in [2.24, 2.45) is 17.6 Å². The van der Waals surface area contributed by atoms with Crippen LogP contribution in [0.25, 0.3) is 0 Å². The molecule has 1 unspecified atom stereocenters. The van der Waals surface area contributed by atoms with Crippen molar-refractivity contribution in [1.29, 1.82) is 0 Å². The first-order valence-corrected chi connectivity index (χ1v) is 8.61. The fourth-order valence-electron chi connectivity index (χ4n) is 2.19. The number of benzene rings is 1. The van der Waals surface area contributed by atoms with Gasteiger partial charge in [0.25, 0.3) is 0 Å². The Morgan fingerprint density at radius 2 is 1.64 bits per heavy atom. The SMILES string of the molecule is CC.CCCC(CC(C)C)C(N)=O.Cc1ccc(C)c(C)c1. The lowest BCUT2D eigenvalue weighted by Crippen LogP contribution is -2.24. The van der Waals surface area contributed by atoms with Gasteiger partial charge in [0.15, 0.2) is 0 Å². The van der Waals surface area contributed by atoms with Gasteiger partial charge in [-0.15, -0.1) is 0 Å². The van der Waals surface area contributed by atoms with Crippen LogP contribution in [0.5, 0.6) is 0 Å². The van der Waals surface area contributed by atoms with Gasteiger partial charge in [0.1, 0.15) is 0 Å². The van der Waals surface area contributed by atoms with Gasteiger partial charge in [-0.2, -0.15) is 0 Å². The van der Waals surface area contributed by atoms with Crippen molar-refractivity contribution in [3.05, 3.63) is 34.9 Å². The monoisotopic (exact) mass is 307 g/mol. The maximum atomic E-state index is 10.8. The summed E-state index contributed by atoms with van der Waals surface area (Å²) in [7, 11) is 0. The van der Waals surface area contributed by atoms with E-state index in [4.69, 9.17) is 5.73 Å². The lowest BCUT2D eigenvalue weighted by Gasteiger charge is -2.13. The van der Waals surface area contributed by atoms with Gasteiger partial charge in [-0.05, 0) is 50.7 Å². The number of rotatable bonds is 5. The van der Waals surface area contributed by atoms with Crippen LogP contribution >= 0.6 is 0 Å². The summed E-state index contributed by atoms with van der Waals surface area (Å²) >= 11 is 0. The van der Waals surface area contributed by atoms with E-state index in [-0.39, 0.29) is 11.8 Å². The Morgan fingerprint density at radius 3 is 1.95 bits per heavy atom. The van der Waals surface area contributed by atoms with Crippen LogP contribution in [0.1, 0.15) is 70.6 Å². The zero-order chi connectivity index (χ0) is 17.7. The van der Waals surface area contributed by atoms with E-state index < -0.39 is 0 Å². The van der Waals surface area contributed by atoms with Gasteiger partial charge in [0.05, 0.1) is 0 Å². The molecule has 0 aliphatic rings. The highest BCUT2D eigenvalue weighted by atomic mass is 16.1. The van der Waals surface area contributed by atoms with Crippen molar-refractivity contribution in [3.8, 4) is 0 Å². The molecule has 1 atom stereocenters. The molecule has 0 aromatic heterocycles. The Balaban J connectivity index is 0. The molecule has 1 aromatic carbocycles. The van der Waals surface area contributed by atoms with Crippen LogP contribution in [0, 0.1) is 32.6 Å². The summed E-state index contributed by atoms with van der Waals surface area (Å²) in [6, 6.07) is 6.50. The van der Waals surface area contributed by atoms with Crippen LogP contribution in [0.4, 0.5) is 0 Å². The minimum atomic E-state index is -0.138. The van der Waals surface area contributed by atoms with E-state index in [1.54, 1.807) is 0 Å². The van der Waals surface area contributed by atoms with Crippen molar-refractivity contribution in [3.63, 3.8) is 0 Å². The molecule has 128 valence electrons. The number of primary amides is 1. The van der Waals surface area contributed by atoms with Crippen molar-refractivity contribution in [2.75, 3.05) is 0 Å². The number of carbonyl (C=O) groups excluding carboxylic acids is 1. The summed E-state index contributed by atoms with van der Waals surface area (Å²) < 4.78 is 0. The van der Waals surface area contributed by atoms with Gasteiger partial charge in [0.2, 0.25) is 5.91 Å². The van der Waals surface area contributed by atoms with Crippen molar-refractivity contribution in [1.82, 2.24) is 0 Å². The third-order valence-corrected chi connectivity index (χ3v) is 3.46. The molecule has 0 fully saturated rings. The highest BCUT2D eigenvalue weighted by molar-refractivity contribution is 5.76. The predicted molar refractivity (Wildman–Crippen MR) is 99.0 cm³/mol. The van der Waals surface area contributed by atoms with Crippen LogP contribution in [-0.2, 0) is 4.79 Å². The third kappa shape index (κ3) is 11.4. The summed E-state index contributed by atoms with van der Waals surface area (Å²) in [4.78, 5) is 10.8. The molecule has 2 N–H and O–H groups in total. The Bertz CT molecular complexity index is 410. The summed E-state index contributed by atoms with van der Waals surface area (Å²) in [6.45, 7) is 16.7. The van der Waals surface area contributed by atoms with E-state index in [0.717, 1.165) is 19.3 Å². The molecule has 22 heavy (non-hydrogen) atoms. The fourth-order valence-corrected chi connectivity index (χ4v) is 2.19. The van der Waals surface area contributed by atoms with E-state index in [0.29, 0.717) is 5.92 Å². The van der Waals surface area contributed by atoms with Crippen LogP contribution in [0.15, 0.2) is 18.2 Å². The van der Waals surface area contributed by atoms with E-state index in [2.05, 4.69) is 59.7 Å². The second-order valence-electron chi connectivity index (χ2n) is 6.11. The molecule has 0 saturated carbocycles. The number of hydrogen-bond donors (Lipinski definition) is 1. The van der Waals surface area contributed by atoms with E-state index >= 15 is 0 Å². The van der Waals surface area contributed by atoms with Crippen LogP contribution in [0.3, 0.4) is 0 Å². The van der Waals surface area contributed by atoms with Crippen molar-refractivity contribution in [2.45, 2.75) is 74.7 Å². The standard InChI is InChI=1S/C9H19NO.C9H12.C2H6/c1-4-5-8(9(10)11)6-7(2)3;1-7-4-5-8(2)9(3)6-7;1-2/h7-8H,4-6H2,1-3H3,(H2,10,11);4-6H,1-3H3;1-2H3. The van der Waals surface area contributed by atoms with Crippen molar-refractivity contribution < 1.29 is 4.79 Å². The topological polar surface area (TPSA) is 43.1 Å². The minimum absolute atomic E-state index is 0.0972. The number of carbonyl (C=O) groups is 1. The van der Waals surface area contributed by atoms with Crippen LogP contribution < -0.4 is 5.73 Å². The average molecular weight is 308 g/mol. The van der Waals surface area contributed by atoms with E-state index in [9.17, 15) is 4.79 Å². The first-order valence-electron chi connectivity index (χ1n) is 8.61. The van der Waals surface area contributed by atoms with Gasteiger partial charge < -0.3 is 5.73 Å². The molecule has 0 aliphatic heterocycles. The first-order chi connectivity index (χ1) is 10.3. The molecule has 0 saturated heterocycles. The molecule has 0 bridgehead atoms. The normalized spacial score (nSPS) is 11.0. The molecule has 1 amide bonds. The molecular weight excluding hydrogens is 270 g/mol. The summed E-state index contributed by atoms with van der Waals surface area (Å²) in [5.74, 6) is 0.527. The second kappa shape index (κ2) is 13.4. The minimum Gasteiger partial charge on any atom is -0.369 e. The molecular formula is C20H37NO. The zero-order valence-electron chi connectivity index (χ0n) is 16.0. The maximum Gasteiger partial charge on any atom is 0.220 e. The van der Waals surface area contributed by atoms with Gasteiger partial charge in [-0.1, -0.05) is 64.8 Å². The van der Waals surface area contributed by atoms with E-state index in [1.807, 2.05) is 13.8 Å². The lowest BCUT2D eigenvalue weighted by molar-refractivity contribution is -0.122. The maximum absolute atomic E-state index is 10.8. The van der Waals surface area contributed by atoms with Crippen LogP contribution in [-0.4, -0.2) is 5.91 Å². The highest BCUT2D eigenvalue weighted by Crippen LogP contribution is 2.16. The Hall–Kier alpha value is -1.31. The summed E-state index contributed by atoms with van der Waals surface area (Å²) in [5.41, 5.74) is 9.34. The molecule has 0 aliphatic carbocycles. The molecule has 0 radical (unpaired) electrons. The largest absolute Gasteiger partial charge is 0.369 e. The number of hydrogen-bond acceptors (Lipinski definition) is 1. The molecule has 1 aromatic rings. The highest BCUT2D eigenvalue weighted by Gasteiger charge is 2.14. The van der Waals surface area contributed by atoms with Crippen molar-refractivity contribution >= 4 is 5.91 Å². The quantitative estimate of drug-likeness (QED) is 0.759. The van der Waals surface area contributed by atoms with Gasteiger partial charge in [-0.25, -0.2) is 0 Å². The predicted octanol–water partition coefficient (Wildman–Crippen LogP) is 5.57. The van der Waals surface area contributed by atoms with Crippen LogP contribution in [0.2, 0.25) is 0 Å². The summed E-state index contributed by atoms with van der Waals surface area (Å²) in [5, 5.41) is 0. The van der Waals surface area contributed by atoms with Gasteiger partial charge in [0, 0.05) is 5.92 Å². The molecule has 1 rings (SSSR count). The van der Waals surface area contributed by atoms with Gasteiger partial charge in [-0.3, -0.25) is 4.79 Å². The molecule has 2 nitrogen and oxygen atoms in total. The molecule has 0 spiro atoms. The van der Waals surface area contributed by atoms with Gasteiger partial charge >= 0.3 is 0 Å². The second-order valence-corrected chi connectivity index (χ2v) is 6.11. The molecule has 0 heterocycles. The number of aryl methyl sites for hydroxylation is 3. The fraction of sp³-hybridized carbons (Fsp3) is 0.650. The smallest absolute Gasteiger partial charge is 0.220 e.